The minimum atomic E-state index is -1.14. The Morgan fingerprint density at radius 2 is 2.18 bits per heavy atom. The number of primary amides is 1. The number of hydrogen-bond donors (Lipinski definition) is 2. The number of rotatable bonds is 7. The van der Waals surface area contributed by atoms with Crippen molar-refractivity contribution in [2.75, 3.05) is 43.6 Å². The number of morpholine rings is 1. The van der Waals surface area contributed by atoms with E-state index in [1.54, 1.807) is 11.9 Å². The van der Waals surface area contributed by atoms with Gasteiger partial charge in [0.05, 0.1) is 12.3 Å². The molecule has 2 fully saturated rings. The number of nitrogens with zero attached hydrogens (tertiary/aromatic N) is 2. The lowest BCUT2D eigenvalue weighted by molar-refractivity contribution is -0.132. The summed E-state index contributed by atoms with van der Waals surface area (Å²) < 4.78 is 19.6. The van der Waals surface area contributed by atoms with Crippen molar-refractivity contribution >= 4 is 29.1 Å². The van der Waals surface area contributed by atoms with Crippen LogP contribution in [0.3, 0.4) is 0 Å². The smallest absolute Gasteiger partial charge is 0.253 e. The fraction of sp³-hybridized carbons (Fsp3) is 0.526. The number of likely N-dealkylation sites (N-methyl/N-ethyl adjacent to an activating group) is 1. The van der Waals surface area contributed by atoms with Crippen LogP contribution in [0.5, 0.6) is 0 Å². The maximum absolute atomic E-state index is 14.5. The fourth-order valence-corrected chi connectivity index (χ4v) is 3.52. The topological polar surface area (TPSA) is 105 Å². The SMILES string of the molecule is CN(CC1CCC1)[C@H](C(N)=O)C(=O)Nc1ccc(N2CCOCC2=O)c(F)c1. The van der Waals surface area contributed by atoms with Crippen LogP contribution in [0.15, 0.2) is 18.2 Å². The van der Waals surface area contributed by atoms with E-state index in [0.29, 0.717) is 19.1 Å². The summed E-state index contributed by atoms with van der Waals surface area (Å²) in [5.41, 5.74) is 5.74. The normalized spacial score (nSPS) is 18.7. The number of hydrogen-bond acceptors (Lipinski definition) is 5. The highest BCUT2D eigenvalue weighted by molar-refractivity contribution is 6.09. The molecule has 1 heterocycles. The quantitative estimate of drug-likeness (QED) is 0.665. The van der Waals surface area contributed by atoms with Crippen LogP contribution < -0.4 is 16.0 Å². The number of amides is 3. The first-order valence-electron chi connectivity index (χ1n) is 9.35. The molecule has 9 heteroatoms. The van der Waals surface area contributed by atoms with Gasteiger partial charge >= 0.3 is 0 Å². The molecule has 0 unspecified atom stereocenters. The van der Waals surface area contributed by atoms with Gasteiger partial charge in [-0.25, -0.2) is 4.39 Å². The van der Waals surface area contributed by atoms with Crippen LogP contribution in [0.1, 0.15) is 19.3 Å². The molecule has 3 N–H and O–H groups in total. The van der Waals surface area contributed by atoms with Gasteiger partial charge in [0.25, 0.3) is 11.8 Å². The second kappa shape index (κ2) is 8.66. The van der Waals surface area contributed by atoms with Crippen molar-refractivity contribution < 1.29 is 23.5 Å². The second-order valence-electron chi connectivity index (χ2n) is 7.29. The molecule has 0 radical (unpaired) electrons. The third-order valence-electron chi connectivity index (χ3n) is 5.22. The van der Waals surface area contributed by atoms with Gasteiger partial charge in [0, 0.05) is 18.8 Å². The Kier molecular flexibility index (Phi) is 6.25. The van der Waals surface area contributed by atoms with E-state index in [4.69, 9.17) is 10.5 Å². The van der Waals surface area contributed by atoms with Gasteiger partial charge in [0.1, 0.15) is 12.4 Å². The van der Waals surface area contributed by atoms with Crippen molar-refractivity contribution in [1.82, 2.24) is 4.90 Å². The molecule has 1 aromatic rings. The number of carbonyl (C=O) groups excluding carboxylic acids is 3. The third-order valence-corrected chi connectivity index (χ3v) is 5.22. The minimum absolute atomic E-state index is 0.0917. The lowest BCUT2D eigenvalue weighted by atomic mass is 9.85. The summed E-state index contributed by atoms with van der Waals surface area (Å²) in [4.78, 5) is 39.2. The number of anilines is 2. The van der Waals surface area contributed by atoms with E-state index >= 15 is 0 Å². The Bertz CT molecular complexity index is 768. The molecular formula is C19H25FN4O4. The number of nitrogens with two attached hydrogens (primary N) is 1. The summed E-state index contributed by atoms with van der Waals surface area (Å²) in [7, 11) is 1.68. The predicted molar refractivity (Wildman–Crippen MR) is 101 cm³/mol. The molecule has 28 heavy (non-hydrogen) atoms. The average molecular weight is 392 g/mol. The lowest BCUT2D eigenvalue weighted by Gasteiger charge is -2.33. The summed E-state index contributed by atoms with van der Waals surface area (Å²) in [6.45, 7) is 1.10. The largest absolute Gasteiger partial charge is 0.370 e. The Morgan fingerprint density at radius 3 is 2.75 bits per heavy atom. The number of halogens is 1. The van der Waals surface area contributed by atoms with Crippen molar-refractivity contribution in [1.29, 1.82) is 0 Å². The summed E-state index contributed by atoms with van der Waals surface area (Å²) in [6, 6.07) is 2.90. The highest BCUT2D eigenvalue weighted by atomic mass is 19.1. The molecule has 0 bridgehead atoms. The van der Waals surface area contributed by atoms with Crippen LogP contribution in [0.25, 0.3) is 0 Å². The van der Waals surface area contributed by atoms with Gasteiger partial charge < -0.3 is 20.7 Å². The first-order chi connectivity index (χ1) is 13.4. The van der Waals surface area contributed by atoms with Crippen LogP contribution in [-0.4, -0.2) is 62.0 Å². The molecule has 2 aliphatic rings. The van der Waals surface area contributed by atoms with E-state index in [1.807, 2.05) is 0 Å². The van der Waals surface area contributed by atoms with Gasteiger partial charge in [0.15, 0.2) is 6.04 Å². The molecule has 1 saturated heterocycles. The molecule has 1 aromatic carbocycles. The number of nitrogens with one attached hydrogen (secondary N) is 1. The second-order valence-corrected chi connectivity index (χ2v) is 7.29. The summed E-state index contributed by atoms with van der Waals surface area (Å²) in [6.07, 6.45) is 3.30. The Hall–Kier alpha value is -2.52. The van der Waals surface area contributed by atoms with E-state index in [-0.39, 0.29) is 30.4 Å². The Balaban J connectivity index is 1.68. The van der Waals surface area contributed by atoms with Crippen LogP contribution >= 0.6 is 0 Å². The highest BCUT2D eigenvalue weighted by Gasteiger charge is 2.32. The van der Waals surface area contributed by atoms with E-state index in [2.05, 4.69) is 5.32 Å². The zero-order valence-electron chi connectivity index (χ0n) is 15.8. The molecule has 1 aliphatic carbocycles. The van der Waals surface area contributed by atoms with Crippen LogP contribution in [-0.2, 0) is 19.1 Å². The van der Waals surface area contributed by atoms with Gasteiger partial charge in [-0.2, -0.15) is 0 Å². The van der Waals surface area contributed by atoms with Crippen molar-refractivity contribution in [3.63, 3.8) is 0 Å². The number of carbonyl (C=O) groups is 3. The van der Waals surface area contributed by atoms with Gasteiger partial charge in [-0.3, -0.25) is 19.3 Å². The highest BCUT2D eigenvalue weighted by Crippen LogP contribution is 2.28. The third kappa shape index (κ3) is 4.48. The number of ether oxygens (including phenoxy) is 1. The van der Waals surface area contributed by atoms with E-state index in [9.17, 15) is 18.8 Å². The molecule has 3 amide bonds. The van der Waals surface area contributed by atoms with Crippen molar-refractivity contribution in [2.45, 2.75) is 25.3 Å². The van der Waals surface area contributed by atoms with E-state index in [1.165, 1.54) is 17.0 Å². The molecule has 3 rings (SSSR count). The molecule has 152 valence electrons. The van der Waals surface area contributed by atoms with Crippen LogP contribution in [0.4, 0.5) is 15.8 Å². The number of benzene rings is 1. The minimum Gasteiger partial charge on any atom is -0.370 e. The standard InChI is InChI=1S/C19H25FN4O4/c1-23(10-12-3-2-4-12)17(18(21)26)19(27)22-13-5-6-15(14(20)9-13)24-7-8-28-11-16(24)25/h5-6,9,12,17H,2-4,7-8,10-11H2,1H3,(H2,21,26)(H,22,27)/t17-/m1/s1. The molecular weight excluding hydrogens is 367 g/mol. The van der Waals surface area contributed by atoms with Crippen molar-refractivity contribution in [3.05, 3.63) is 24.0 Å². The molecule has 8 nitrogen and oxygen atoms in total. The van der Waals surface area contributed by atoms with E-state index in [0.717, 1.165) is 25.3 Å². The predicted octanol–water partition coefficient (Wildman–Crippen LogP) is 0.713. The lowest BCUT2D eigenvalue weighted by Crippen LogP contribution is -2.52. The van der Waals surface area contributed by atoms with Gasteiger partial charge in [-0.15, -0.1) is 0 Å². The maximum Gasteiger partial charge on any atom is 0.253 e. The Morgan fingerprint density at radius 1 is 1.43 bits per heavy atom. The molecule has 1 saturated carbocycles. The van der Waals surface area contributed by atoms with Gasteiger partial charge in [0.2, 0.25) is 5.91 Å². The maximum atomic E-state index is 14.5. The first-order valence-corrected chi connectivity index (χ1v) is 9.35. The molecule has 1 atom stereocenters. The molecule has 0 spiro atoms. The summed E-state index contributed by atoms with van der Waals surface area (Å²) >= 11 is 0. The first kappa shape index (κ1) is 20.2. The van der Waals surface area contributed by atoms with Crippen LogP contribution in [0, 0.1) is 11.7 Å². The Labute approximate surface area is 162 Å². The van der Waals surface area contributed by atoms with Gasteiger partial charge in [-0.1, -0.05) is 6.42 Å². The fourth-order valence-electron chi connectivity index (χ4n) is 3.52. The van der Waals surface area contributed by atoms with E-state index < -0.39 is 23.7 Å². The van der Waals surface area contributed by atoms with Crippen molar-refractivity contribution in [3.8, 4) is 0 Å². The van der Waals surface area contributed by atoms with Gasteiger partial charge in [-0.05, 0) is 44.0 Å². The van der Waals surface area contributed by atoms with Crippen LogP contribution in [0.2, 0.25) is 0 Å². The monoisotopic (exact) mass is 392 g/mol. The van der Waals surface area contributed by atoms with Crippen molar-refractivity contribution in [2.24, 2.45) is 11.7 Å². The zero-order chi connectivity index (χ0) is 20.3. The molecule has 1 aliphatic heterocycles. The molecule has 0 aromatic heterocycles. The average Bonchev–Trinajstić information content (AvgIpc) is 2.59. The summed E-state index contributed by atoms with van der Waals surface area (Å²) in [5, 5.41) is 2.55. The zero-order valence-corrected chi connectivity index (χ0v) is 15.8. The summed E-state index contributed by atoms with van der Waals surface area (Å²) in [5.74, 6) is -1.87.